The molecule has 1 aromatic heterocycles. The Bertz CT molecular complexity index is 317. The van der Waals surface area contributed by atoms with E-state index in [-0.39, 0.29) is 6.04 Å². The van der Waals surface area contributed by atoms with E-state index in [1.165, 1.54) is 22.6 Å². The van der Waals surface area contributed by atoms with Crippen molar-refractivity contribution in [1.82, 2.24) is 5.32 Å². The van der Waals surface area contributed by atoms with E-state index in [4.69, 9.17) is 0 Å². The summed E-state index contributed by atoms with van der Waals surface area (Å²) in [5, 5.41) is 3.29. The van der Waals surface area contributed by atoms with Crippen molar-refractivity contribution in [1.29, 1.82) is 0 Å². The molecule has 1 aromatic rings. The normalized spacial score (nSPS) is 23.2. The highest BCUT2D eigenvalue weighted by atomic mass is 32.1. The maximum Gasteiger partial charge on any atom is 0.120 e. The zero-order chi connectivity index (χ0) is 11.4. The molecular weight excluding hydrogens is 221 g/mol. The van der Waals surface area contributed by atoms with Gasteiger partial charge in [0.15, 0.2) is 0 Å². The van der Waals surface area contributed by atoms with Crippen LogP contribution >= 0.6 is 11.3 Å². The molecule has 2 heterocycles. The molecule has 1 saturated heterocycles. The molecule has 0 amide bonds. The average Bonchev–Trinajstić information content (AvgIpc) is 2.78. The van der Waals surface area contributed by atoms with Crippen LogP contribution in [0.15, 0.2) is 12.1 Å². The van der Waals surface area contributed by atoms with Crippen LogP contribution in [0.4, 0.5) is 4.39 Å². The third-order valence-corrected chi connectivity index (χ3v) is 4.50. The average molecular weight is 241 g/mol. The standard InChI is InChI=1S/C13H20FNS/c1-2-10-6-7-11(16-10)9-12(14)13-5-3-4-8-15-13/h6-7,12-13,15H,2-5,8-9H2,1H3. The number of hydrogen-bond donors (Lipinski definition) is 1. The second-order valence-electron chi connectivity index (χ2n) is 4.50. The predicted molar refractivity (Wildman–Crippen MR) is 67.9 cm³/mol. The molecule has 0 radical (unpaired) electrons. The molecule has 1 aliphatic rings. The molecule has 0 aliphatic carbocycles. The van der Waals surface area contributed by atoms with Crippen molar-refractivity contribution in [2.45, 2.75) is 51.2 Å². The van der Waals surface area contributed by atoms with Crippen molar-refractivity contribution in [3.63, 3.8) is 0 Å². The summed E-state index contributed by atoms with van der Waals surface area (Å²) in [5.41, 5.74) is 0. The van der Waals surface area contributed by atoms with Gasteiger partial charge in [-0.05, 0) is 37.9 Å². The zero-order valence-corrected chi connectivity index (χ0v) is 10.7. The Morgan fingerprint density at radius 2 is 2.25 bits per heavy atom. The first-order chi connectivity index (χ1) is 7.79. The fourth-order valence-electron chi connectivity index (χ4n) is 2.24. The zero-order valence-electron chi connectivity index (χ0n) is 9.84. The number of aryl methyl sites for hydroxylation is 1. The maximum atomic E-state index is 14.0. The highest BCUT2D eigenvalue weighted by Crippen LogP contribution is 2.22. The quantitative estimate of drug-likeness (QED) is 0.852. The Balaban J connectivity index is 1.87. The lowest BCUT2D eigenvalue weighted by molar-refractivity contribution is 0.218. The van der Waals surface area contributed by atoms with E-state index in [2.05, 4.69) is 24.4 Å². The lowest BCUT2D eigenvalue weighted by Crippen LogP contribution is -2.41. The molecule has 0 aromatic carbocycles. The van der Waals surface area contributed by atoms with E-state index in [0.29, 0.717) is 6.42 Å². The number of halogens is 1. The summed E-state index contributed by atoms with van der Waals surface area (Å²) in [6.45, 7) is 3.13. The third kappa shape index (κ3) is 3.05. The molecule has 1 N–H and O–H groups in total. The van der Waals surface area contributed by atoms with Crippen LogP contribution in [-0.2, 0) is 12.8 Å². The smallest absolute Gasteiger partial charge is 0.120 e. The predicted octanol–water partition coefficient (Wildman–Crippen LogP) is 3.33. The largest absolute Gasteiger partial charge is 0.311 e. The Morgan fingerprint density at radius 1 is 1.44 bits per heavy atom. The first kappa shape index (κ1) is 12.1. The van der Waals surface area contributed by atoms with E-state index in [0.717, 1.165) is 19.4 Å². The molecule has 2 rings (SSSR count). The van der Waals surface area contributed by atoms with Gasteiger partial charge in [-0.25, -0.2) is 4.39 Å². The molecular formula is C13H20FNS. The number of thiophene rings is 1. The SMILES string of the molecule is CCc1ccc(CC(F)C2CCCCN2)s1. The minimum atomic E-state index is -0.719. The van der Waals surface area contributed by atoms with Crippen LogP contribution in [0.5, 0.6) is 0 Å². The van der Waals surface area contributed by atoms with Gasteiger partial charge in [-0.2, -0.15) is 0 Å². The van der Waals surface area contributed by atoms with Gasteiger partial charge in [-0.1, -0.05) is 13.3 Å². The highest BCUT2D eigenvalue weighted by Gasteiger charge is 2.23. The molecule has 3 heteroatoms. The van der Waals surface area contributed by atoms with E-state index >= 15 is 0 Å². The second kappa shape index (κ2) is 5.78. The lowest BCUT2D eigenvalue weighted by Gasteiger charge is -2.26. The summed E-state index contributed by atoms with van der Waals surface area (Å²) < 4.78 is 14.0. The monoisotopic (exact) mass is 241 g/mol. The molecule has 1 nitrogen and oxygen atoms in total. The summed E-state index contributed by atoms with van der Waals surface area (Å²) in [6.07, 6.45) is 4.28. The first-order valence-electron chi connectivity index (χ1n) is 6.24. The van der Waals surface area contributed by atoms with Crippen molar-refractivity contribution in [3.05, 3.63) is 21.9 Å². The molecule has 0 spiro atoms. The minimum Gasteiger partial charge on any atom is -0.311 e. The van der Waals surface area contributed by atoms with Crippen LogP contribution in [0.2, 0.25) is 0 Å². The van der Waals surface area contributed by atoms with Crippen LogP contribution in [0, 0.1) is 0 Å². The van der Waals surface area contributed by atoms with Gasteiger partial charge >= 0.3 is 0 Å². The van der Waals surface area contributed by atoms with Crippen molar-refractivity contribution < 1.29 is 4.39 Å². The van der Waals surface area contributed by atoms with Crippen LogP contribution < -0.4 is 5.32 Å². The van der Waals surface area contributed by atoms with E-state index < -0.39 is 6.17 Å². The van der Waals surface area contributed by atoms with Crippen LogP contribution in [-0.4, -0.2) is 18.8 Å². The molecule has 1 aliphatic heterocycles. The maximum absolute atomic E-state index is 14.0. The van der Waals surface area contributed by atoms with Gasteiger partial charge < -0.3 is 5.32 Å². The Kier molecular flexibility index (Phi) is 4.36. The van der Waals surface area contributed by atoms with Gasteiger partial charge in [-0.15, -0.1) is 11.3 Å². The number of rotatable bonds is 4. The number of nitrogens with one attached hydrogen (secondary N) is 1. The molecule has 90 valence electrons. The Hall–Kier alpha value is -0.410. The van der Waals surface area contributed by atoms with Crippen LogP contribution in [0.1, 0.15) is 35.9 Å². The number of piperidine rings is 1. The summed E-state index contributed by atoms with van der Waals surface area (Å²) in [5.74, 6) is 0. The van der Waals surface area contributed by atoms with Gasteiger partial charge in [0.25, 0.3) is 0 Å². The number of hydrogen-bond acceptors (Lipinski definition) is 2. The molecule has 2 atom stereocenters. The summed E-state index contributed by atoms with van der Waals surface area (Å²) >= 11 is 1.76. The number of alkyl halides is 1. The summed E-state index contributed by atoms with van der Waals surface area (Å²) in [6, 6.07) is 4.29. The van der Waals surface area contributed by atoms with Crippen molar-refractivity contribution in [3.8, 4) is 0 Å². The lowest BCUT2D eigenvalue weighted by atomic mass is 9.98. The summed E-state index contributed by atoms with van der Waals surface area (Å²) in [7, 11) is 0. The Morgan fingerprint density at radius 3 is 2.88 bits per heavy atom. The van der Waals surface area contributed by atoms with Crippen molar-refractivity contribution in [2.75, 3.05) is 6.54 Å². The van der Waals surface area contributed by atoms with Gasteiger partial charge in [0, 0.05) is 22.2 Å². The molecule has 0 saturated carbocycles. The topological polar surface area (TPSA) is 12.0 Å². The van der Waals surface area contributed by atoms with Crippen molar-refractivity contribution >= 4 is 11.3 Å². The van der Waals surface area contributed by atoms with Crippen LogP contribution in [0.25, 0.3) is 0 Å². The molecule has 2 unspecified atom stereocenters. The van der Waals surface area contributed by atoms with Crippen molar-refractivity contribution in [2.24, 2.45) is 0 Å². The highest BCUT2D eigenvalue weighted by molar-refractivity contribution is 7.11. The van der Waals surface area contributed by atoms with Crippen LogP contribution in [0.3, 0.4) is 0 Å². The first-order valence-corrected chi connectivity index (χ1v) is 7.06. The fraction of sp³-hybridized carbons (Fsp3) is 0.692. The second-order valence-corrected chi connectivity index (χ2v) is 5.75. The molecule has 16 heavy (non-hydrogen) atoms. The Labute approximate surface area is 101 Å². The van der Waals surface area contributed by atoms with Gasteiger partial charge in [0.2, 0.25) is 0 Å². The molecule has 0 bridgehead atoms. The van der Waals surface area contributed by atoms with E-state index in [1.54, 1.807) is 11.3 Å². The third-order valence-electron chi connectivity index (χ3n) is 3.25. The fourth-order valence-corrected chi connectivity index (χ4v) is 3.24. The van der Waals surface area contributed by atoms with Gasteiger partial charge in [-0.3, -0.25) is 0 Å². The molecule has 1 fully saturated rings. The van der Waals surface area contributed by atoms with E-state index in [1.807, 2.05) is 0 Å². The minimum absolute atomic E-state index is 0.0842. The summed E-state index contributed by atoms with van der Waals surface area (Å²) in [4.78, 5) is 2.55. The van der Waals surface area contributed by atoms with Gasteiger partial charge in [0.05, 0.1) is 0 Å². The van der Waals surface area contributed by atoms with E-state index in [9.17, 15) is 4.39 Å². The van der Waals surface area contributed by atoms with Gasteiger partial charge in [0.1, 0.15) is 6.17 Å².